The number of benzene rings is 1. The lowest BCUT2D eigenvalue weighted by Crippen LogP contribution is -2.32. The average molecular weight is 359 g/mol. The third kappa shape index (κ3) is 3.73. The second-order valence-electron chi connectivity index (χ2n) is 6.38. The molecule has 5 nitrogen and oxygen atoms in total. The minimum absolute atomic E-state index is 0.0234. The minimum atomic E-state index is 0.0234. The van der Waals surface area contributed by atoms with Crippen LogP contribution in [0.5, 0.6) is 0 Å². The first-order chi connectivity index (χ1) is 12.2. The SMILES string of the molecule is CCN(CC)C(=O)CSc1nc2ccccc2c(=O)n1C1CCCC1. The summed E-state index contributed by atoms with van der Waals surface area (Å²) in [6.07, 6.45) is 4.31. The Morgan fingerprint density at radius 3 is 2.60 bits per heavy atom. The van der Waals surface area contributed by atoms with Gasteiger partial charge in [0.2, 0.25) is 5.91 Å². The van der Waals surface area contributed by atoms with Gasteiger partial charge in [-0.05, 0) is 38.8 Å². The number of carbonyl (C=O) groups is 1. The molecule has 0 radical (unpaired) electrons. The zero-order chi connectivity index (χ0) is 17.8. The van der Waals surface area contributed by atoms with E-state index in [1.807, 2.05) is 47.6 Å². The molecule has 1 aromatic heterocycles. The first-order valence-corrected chi connectivity index (χ1v) is 10.1. The molecule has 1 heterocycles. The molecule has 0 N–H and O–H groups in total. The van der Waals surface area contributed by atoms with Gasteiger partial charge in [-0.1, -0.05) is 36.7 Å². The molecule has 0 atom stereocenters. The standard InChI is InChI=1S/C19H25N3O2S/c1-3-21(4-2)17(23)13-25-19-20-16-12-8-7-11-15(16)18(24)22(19)14-9-5-6-10-14/h7-8,11-12,14H,3-6,9-10,13H2,1-2H3. The summed E-state index contributed by atoms with van der Waals surface area (Å²) in [7, 11) is 0. The van der Waals surface area contributed by atoms with Crippen molar-refractivity contribution >= 4 is 28.6 Å². The molecule has 1 fully saturated rings. The maximum Gasteiger partial charge on any atom is 0.262 e. The van der Waals surface area contributed by atoms with Gasteiger partial charge in [-0.3, -0.25) is 14.2 Å². The predicted octanol–water partition coefficient (Wildman–Crippen LogP) is 3.47. The normalized spacial score (nSPS) is 15.0. The number of para-hydroxylation sites is 1. The zero-order valence-corrected chi connectivity index (χ0v) is 15.7. The fourth-order valence-corrected chi connectivity index (χ4v) is 4.47. The highest BCUT2D eigenvalue weighted by Gasteiger charge is 2.23. The van der Waals surface area contributed by atoms with Gasteiger partial charge in [0.1, 0.15) is 0 Å². The van der Waals surface area contributed by atoms with Crippen LogP contribution in [0.3, 0.4) is 0 Å². The predicted molar refractivity (Wildman–Crippen MR) is 102 cm³/mol. The van der Waals surface area contributed by atoms with E-state index in [-0.39, 0.29) is 17.5 Å². The fourth-order valence-electron chi connectivity index (χ4n) is 3.51. The van der Waals surface area contributed by atoms with Gasteiger partial charge >= 0.3 is 0 Å². The molecule has 134 valence electrons. The number of hydrogen-bond donors (Lipinski definition) is 0. The summed E-state index contributed by atoms with van der Waals surface area (Å²) in [5.41, 5.74) is 0.731. The maximum absolute atomic E-state index is 13.0. The highest BCUT2D eigenvalue weighted by atomic mass is 32.2. The van der Waals surface area contributed by atoms with Crippen molar-refractivity contribution in [2.45, 2.75) is 50.7 Å². The van der Waals surface area contributed by atoms with E-state index in [0.717, 1.165) is 25.7 Å². The van der Waals surface area contributed by atoms with E-state index in [1.165, 1.54) is 11.8 Å². The monoisotopic (exact) mass is 359 g/mol. The van der Waals surface area contributed by atoms with Crippen LogP contribution < -0.4 is 5.56 Å². The summed E-state index contributed by atoms with van der Waals surface area (Å²) in [6, 6.07) is 7.68. The lowest BCUT2D eigenvalue weighted by molar-refractivity contribution is -0.127. The Kier molecular flexibility index (Phi) is 5.78. The molecular weight excluding hydrogens is 334 g/mol. The Morgan fingerprint density at radius 1 is 1.24 bits per heavy atom. The molecule has 1 amide bonds. The molecule has 1 aliphatic carbocycles. The summed E-state index contributed by atoms with van der Waals surface area (Å²) in [5.74, 6) is 0.412. The van der Waals surface area contributed by atoms with E-state index >= 15 is 0 Å². The van der Waals surface area contributed by atoms with Crippen molar-refractivity contribution in [2.24, 2.45) is 0 Å². The van der Waals surface area contributed by atoms with Crippen LogP contribution in [0.1, 0.15) is 45.6 Å². The van der Waals surface area contributed by atoms with Crippen molar-refractivity contribution in [2.75, 3.05) is 18.8 Å². The Morgan fingerprint density at radius 2 is 1.92 bits per heavy atom. The highest BCUT2D eigenvalue weighted by molar-refractivity contribution is 7.99. The van der Waals surface area contributed by atoms with Gasteiger partial charge in [0, 0.05) is 19.1 Å². The molecule has 6 heteroatoms. The Balaban J connectivity index is 1.96. The van der Waals surface area contributed by atoms with Crippen molar-refractivity contribution in [3.05, 3.63) is 34.6 Å². The molecule has 0 saturated heterocycles. The molecule has 25 heavy (non-hydrogen) atoms. The molecule has 0 spiro atoms. The van der Waals surface area contributed by atoms with Gasteiger partial charge in [0.25, 0.3) is 5.56 Å². The molecule has 0 bridgehead atoms. The van der Waals surface area contributed by atoms with Crippen molar-refractivity contribution in [3.8, 4) is 0 Å². The van der Waals surface area contributed by atoms with Gasteiger partial charge in [-0.2, -0.15) is 0 Å². The molecule has 2 aromatic rings. The summed E-state index contributed by atoms with van der Waals surface area (Å²) >= 11 is 1.39. The number of aromatic nitrogens is 2. The molecule has 3 rings (SSSR count). The summed E-state index contributed by atoms with van der Waals surface area (Å²) < 4.78 is 1.84. The molecule has 1 saturated carbocycles. The number of nitrogens with zero attached hydrogens (tertiary/aromatic N) is 3. The lowest BCUT2D eigenvalue weighted by Gasteiger charge is -2.20. The Bertz CT molecular complexity index is 808. The highest BCUT2D eigenvalue weighted by Crippen LogP contribution is 2.32. The second-order valence-corrected chi connectivity index (χ2v) is 7.32. The molecular formula is C19H25N3O2S. The summed E-state index contributed by atoms with van der Waals surface area (Å²) in [6.45, 7) is 5.37. The number of rotatable bonds is 6. The van der Waals surface area contributed by atoms with Gasteiger partial charge in [-0.15, -0.1) is 0 Å². The van der Waals surface area contributed by atoms with Crippen molar-refractivity contribution in [3.63, 3.8) is 0 Å². The Hall–Kier alpha value is -1.82. The first kappa shape index (κ1) is 18.0. The van der Waals surface area contributed by atoms with Gasteiger partial charge < -0.3 is 4.90 Å². The number of fused-ring (bicyclic) bond motifs is 1. The van der Waals surface area contributed by atoms with Crippen molar-refractivity contribution < 1.29 is 4.79 Å². The minimum Gasteiger partial charge on any atom is -0.343 e. The Labute approximate surface area is 152 Å². The fraction of sp³-hybridized carbons (Fsp3) is 0.526. The molecule has 0 unspecified atom stereocenters. The van der Waals surface area contributed by atoms with E-state index in [9.17, 15) is 9.59 Å². The number of carbonyl (C=O) groups excluding carboxylic acids is 1. The molecule has 0 aliphatic heterocycles. The maximum atomic E-state index is 13.0. The van der Waals surface area contributed by atoms with Crippen molar-refractivity contribution in [1.82, 2.24) is 14.5 Å². The van der Waals surface area contributed by atoms with Crippen LogP contribution in [0, 0.1) is 0 Å². The van der Waals surface area contributed by atoms with E-state index in [1.54, 1.807) is 0 Å². The van der Waals surface area contributed by atoms with Crippen LogP contribution in [-0.2, 0) is 4.79 Å². The van der Waals surface area contributed by atoms with Crippen LogP contribution in [0.25, 0.3) is 10.9 Å². The number of hydrogen-bond acceptors (Lipinski definition) is 4. The van der Waals surface area contributed by atoms with E-state index < -0.39 is 0 Å². The number of amides is 1. The average Bonchev–Trinajstić information content (AvgIpc) is 3.15. The van der Waals surface area contributed by atoms with E-state index in [2.05, 4.69) is 0 Å². The second kappa shape index (κ2) is 8.04. The van der Waals surface area contributed by atoms with Gasteiger partial charge in [0.05, 0.1) is 16.7 Å². The quantitative estimate of drug-likeness (QED) is 0.585. The zero-order valence-electron chi connectivity index (χ0n) is 14.9. The third-order valence-corrected chi connectivity index (χ3v) is 5.84. The van der Waals surface area contributed by atoms with Gasteiger partial charge in [-0.25, -0.2) is 4.98 Å². The number of thioether (sulfide) groups is 1. The van der Waals surface area contributed by atoms with E-state index in [0.29, 0.717) is 34.9 Å². The van der Waals surface area contributed by atoms with Gasteiger partial charge in [0.15, 0.2) is 5.16 Å². The van der Waals surface area contributed by atoms with E-state index in [4.69, 9.17) is 4.98 Å². The largest absolute Gasteiger partial charge is 0.343 e. The smallest absolute Gasteiger partial charge is 0.262 e. The van der Waals surface area contributed by atoms with Crippen LogP contribution in [0.15, 0.2) is 34.2 Å². The third-order valence-electron chi connectivity index (χ3n) is 4.91. The molecule has 1 aromatic carbocycles. The topological polar surface area (TPSA) is 55.2 Å². The first-order valence-electron chi connectivity index (χ1n) is 9.07. The lowest BCUT2D eigenvalue weighted by atomic mass is 10.2. The summed E-state index contributed by atoms with van der Waals surface area (Å²) in [4.78, 5) is 31.9. The van der Waals surface area contributed by atoms with Crippen LogP contribution in [0.4, 0.5) is 0 Å². The van der Waals surface area contributed by atoms with Crippen LogP contribution >= 0.6 is 11.8 Å². The van der Waals surface area contributed by atoms with Crippen molar-refractivity contribution in [1.29, 1.82) is 0 Å². The van der Waals surface area contributed by atoms with Crippen LogP contribution in [-0.4, -0.2) is 39.2 Å². The molecule has 1 aliphatic rings. The summed E-state index contributed by atoms with van der Waals surface area (Å²) in [5, 5.41) is 1.34. The van der Waals surface area contributed by atoms with Crippen LogP contribution in [0.2, 0.25) is 0 Å².